The lowest BCUT2D eigenvalue weighted by Crippen LogP contribution is -2.42. The summed E-state index contributed by atoms with van der Waals surface area (Å²) in [7, 11) is 4.80. The highest BCUT2D eigenvalue weighted by molar-refractivity contribution is 6.02. The first-order valence-electron chi connectivity index (χ1n) is 13.7. The molecule has 2 aliphatic rings. The van der Waals surface area contributed by atoms with Gasteiger partial charge < -0.3 is 29.7 Å². The van der Waals surface area contributed by atoms with Gasteiger partial charge in [0.15, 0.2) is 17.3 Å². The summed E-state index contributed by atoms with van der Waals surface area (Å²) in [5, 5.41) is 6.64. The van der Waals surface area contributed by atoms with E-state index in [9.17, 15) is 9.59 Å². The highest BCUT2D eigenvalue weighted by Gasteiger charge is 2.43. The zero-order valence-electron chi connectivity index (χ0n) is 24.2. The van der Waals surface area contributed by atoms with Crippen LogP contribution >= 0.6 is 0 Å². The quantitative estimate of drug-likeness (QED) is 0.372. The standard InChI is InChI=1S/C33H37N3O5/c1-33(2)17-25-30(27(37)18-33)31(23-12-9-15-28(40-4)32(23)41-5)36(26-14-7-6-13-24(26)35-25)20-29(38)34-19-21-10-8-11-22(16-21)39-3/h6-16,31,35H,17-20H2,1-5H3,(H,34,38). The lowest BCUT2D eigenvalue weighted by Gasteiger charge is -2.38. The molecule has 1 heterocycles. The normalized spacial score (nSPS) is 17.5. The Morgan fingerprint density at radius 1 is 0.976 bits per heavy atom. The SMILES string of the molecule is COc1cccc(CNC(=O)CN2c3ccccc3NC3=C(C(=O)CC(C)(C)C3)C2c2cccc(OC)c2OC)c1. The van der Waals surface area contributed by atoms with Gasteiger partial charge in [-0.05, 0) is 47.7 Å². The van der Waals surface area contributed by atoms with Gasteiger partial charge in [-0.2, -0.15) is 0 Å². The number of amides is 1. The number of methoxy groups -OCH3 is 3. The van der Waals surface area contributed by atoms with Gasteiger partial charge in [-0.1, -0.05) is 50.2 Å². The topological polar surface area (TPSA) is 89.1 Å². The molecule has 3 aromatic rings. The molecule has 1 aliphatic carbocycles. The molecule has 0 spiro atoms. The highest BCUT2D eigenvalue weighted by atomic mass is 16.5. The number of ketones is 1. The van der Waals surface area contributed by atoms with Crippen LogP contribution in [0.25, 0.3) is 0 Å². The molecular weight excluding hydrogens is 518 g/mol. The van der Waals surface area contributed by atoms with E-state index in [-0.39, 0.29) is 23.7 Å². The van der Waals surface area contributed by atoms with Crippen LogP contribution in [0.2, 0.25) is 0 Å². The summed E-state index contributed by atoms with van der Waals surface area (Å²) in [6.45, 7) is 4.58. The van der Waals surface area contributed by atoms with Gasteiger partial charge in [-0.15, -0.1) is 0 Å². The number of allylic oxidation sites excluding steroid dienone is 1. The second kappa shape index (κ2) is 11.6. The number of hydrogen-bond acceptors (Lipinski definition) is 7. The number of nitrogens with zero attached hydrogens (tertiary/aromatic N) is 1. The number of nitrogens with one attached hydrogen (secondary N) is 2. The van der Waals surface area contributed by atoms with E-state index < -0.39 is 6.04 Å². The number of hydrogen-bond donors (Lipinski definition) is 2. The van der Waals surface area contributed by atoms with E-state index in [1.54, 1.807) is 21.3 Å². The molecule has 1 atom stereocenters. The van der Waals surface area contributed by atoms with Gasteiger partial charge in [0.1, 0.15) is 5.75 Å². The number of ether oxygens (including phenoxy) is 3. The fraction of sp³-hybridized carbons (Fsp3) is 0.333. The van der Waals surface area contributed by atoms with E-state index in [4.69, 9.17) is 14.2 Å². The molecule has 214 valence electrons. The van der Waals surface area contributed by atoms with Crippen molar-refractivity contribution in [2.75, 3.05) is 38.1 Å². The summed E-state index contributed by atoms with van der Waals surface area (Å²) < 4.78 is 16.8. The molecule has 8 nitrogen and oxygen atoms in total. The lowest BCUT2D eigenvalue weighted by molar-refractivity contribution is -0.121. The number of rotatable bonds is 8. The van der Waals surface area contributed by atoms with Crippen molar-refractivity contribution in [1.29, 1.82) is 0 Å². The Morgan fingerprint density at radius 2 is 1.76 bits per heavy atom. The third kappa shape index (κ3) is 5.73. The highest BCUT2D eigenvalue weighted by Crippen LogP contribution is 2.50. The maximum absolute atomic E-state index is 14.0. The van der Waals surface area contributed by atoms with Crippen LogP contribution < -0.4 is 29.7 Å². The van der Waals surface area contributed by atoms with Crippen molar-refractivity contribution < 1.29 is 23.8 Å². The Bertz CT molecular complexity index is 1500. The first-order chi connectivity index (χ1) is 19.7. The van der Waals surface area contributed by atoms with Crippen LogP contribution in [-0.2, 0) is 16.1 Å². The van der Waals surface area contributed by atoms with Crippen LogP contribution in [0.1, 0.15) is 43.9 Å². The molecule has 8 heteroatoms. The molecule has 0 saturated heterocycles. The molecule has 3 aromatic carbocycles. The smallest absolute Gasteiger partial charge is 0.239 e. The lowest BCUT2D eigenvalue weighted by atomic mass is 9.73. The Kier molecular flexibility index (Phi) is 7.92. The van der Waals surface area contributed by atoms with Gasteiger partial charge in [0.25, 0.3) is 0 Å². The zero-order chi connectivity index (χ0) is 29.1. The van der Waals surface area contributed by atoms with Crippen molar-refractivity contribution in [3.05, 3.63) is 89.1 Å². The van der Waals surface area contributed by atoms with Crippen molar-refractivity contribution in [3.8, 4) is 17.2 Å². The summed E-state index contributed by atoms with van der Waals surface area (Å²) in [6.07, 6.45) is 1.10. The molecule has 0 bridgehead atoms. The minimum absolute atomic E-state index is 0.0150. The maximum atomic E-state index is 14.0. The molecule has 0 fully saturated rings. The van der Waals surface area contributed by atoms with Gasteiger partial charge in [-0.25, -0.2) is 0 Å². The fourth-order valence-electron chi connectivity index (χ4n) is 5.87. The van der Waals surface area contributed by atoms with Crippen LogP contribution in [0.5, 0.6) is 17.2 Å². The zero-order valence-corrected chi connectivity index (χ0v) is 24.2. The average Bonchev–Trinajstić information content (AvgIpc) is 3.09. The number of anilines is 2. The molecule has 0 aromatic heterocycles. The van der Waals surface area contributed by atoms with Crippen LogP contribution in [0.4, 0.5) is 11.4 Å². The monoisotopic (exact) mass is 555 g/mol. The number of fused-ring (bicyclic) bond motifs is 1. The number of carbonyl (C=O) groups excluding carboxylic acids is 2. The summed E-state index contributed by atoms with van der Waals surface area (Å²) in [6, 6.07) is 20.5. The Balaban J connectivity index is 1.61. The third-order valence-electron chi connectivity index (χ3n) is 7.67. The summed E-state index contributed by atoms with van der Waals surface area (Å²) in [5.74, 6) is 1.69. The van der Waals surface area contributed by atoms with Crippen LogP contribution in [0.3, 0.4) is 0 Å². The number of para-hydroxylation sites is 3. The second-order valence-electron chi connectivity index (χ2n) is 11.2. The van der Waals surface area contributed by atoms with Crippen LogP contribution in [0.15, 0.2) is 78.0 Å². The number of carbonyl (C=O) groups is 2. The van der Waals surface area contributed by atoms with E-state index in [0.29, 0.717) is 36.5 Å². The van der Waals surface area contributed by atoms with Gasteiger partial charge in [0.2, 0.25) is 5.91 Å². The molecule has 41 heavy (non-hydrogen) atoms. The molecule has 5 rings (SSSR count). The van der Waals surface area contributed by atoms with E-state index in [2.05, 4.69) is 24.5 Å². The minimum atomic E-state index is -0.586. The Morgan fingerprint density at radius 3 is 2.51 bits per heavy atom. The van der Waals surface area contributed by atoms with E-state index in [1.807, 2.05) is 71.6 Å². The molecule has 2 N–H and O–H groups in total. The Hall–Kier alpha value is -4.46. The maximum Gasteiger partial charge on any atom is 0.239 e. The molecule has 1 amide bonds. The molecule has 1 aliphatic heterocycles. The minimum Gasteiger partial charge on any atom is -0.497 e. The van der Waals surface area contributed by atoms with E-state index >= 15 is 0 Å². The second-order valence-corrected chi connectivity index (χ2v) is 11.2. The van der Waals surface area contributed by atoms with E-state index in [0.717, 1.165) is 33.9 Å². The van der Waals surface area contributed by atoms with Crippen molar-refractivity contribution >= 4 is 23.1 Å². The van der Waals surface area contributed by atoms with Gasteiger partial charge >= 0.3 is 0 Å². The predicted octanol–water partition coefficient (Wildman–Crippen LogP) is 5.65. The van der Waals surface area contributed by atoms with Gasteiger partial charge in [0, 0.05) is 29.8 Å². The largest absolute Gasteiger partial charge is 0.497 e. The summed E-state index contributed by atoms with van der Waals surface area (Å²) >= 11 is 0. The van der Waals surface area contributed by atoms with Crippen molar-refractivity contribution in [3.63, 3.8) is 0 Å². The first kappa shape index (κ1) is 28.1. The fourth-order valence-corrected chi connectivity index (χ4v) is 5.87. The van der Waals surface area contributed by atoms with Crippen LogP contribution in [0, 0.1) is 5.41 Å². The third-order valence-corrected chi connectivity index (χ3v) is 7.67. The number of benzene rings is 3. The Labute approximate surface area is 241 Å². The predicted molar refractivity (Wildman–Crippen MR) is 160 cm³/mol. The number of Topliss-reactive ketones (excluding diaryl/α,β-unsaturated/α-hetero) is 1. The first-order valence-corrected chi connectivity index (χ1v) is 13.7. The van der Waals surface area contributed by atoms with E-state index in [1.165, 1.54) is 0 Å². The average molecular weight is 556 g/mol. The van der Waals surface area contributed by atoms with Crippen molar-refractivity contribution in [2.24, 2.45) is 5.41 Å². The summed E-state index contributed by atoms with van der Waals surface area (Å²) in [5.41, 5.74) is 4.65. The molecule has 1 unspecified atom stereocenters. The molecule has 0 radical (unpaired) electrons. The van der Waals surface area contributed by atoms with Gasteiger partial charge in [0.05, 0.1) is 45.3 Å². The van der Waals surface area contributed by atoms with Crippen molar-refractivity contribution in [1.82, 2.24) is 5.32 Å². The van der Waals surface area contributed by atoms with Gasteiger partial charge in [-0.3, -0.25) is 9.59 Å². The van der Waals surface area contributed by atoms with Crippen molar-refractivity contribution in [2.45, 2.75) is 39.3 Å². The summed E-state index contributed by atoms with van der Waals surface area (Å²) in [4.78, 5) is 29.6. The molecule has 0 saturated carbocycles. The molecular formula is C33H37N3O5. The van der Waals surface area contributed by atoms with Crippen LogP contribution in [-0.4, -0.2) is 39.6 Å².